The molecule has 1 aliphatic rings. The van der Waals surface area contributed by atoms with Crippen LogP contribution in [0.15, 0.2) is 35.5 Å². The Morgan fingerprint density at radius 3 is 2.68 bits per heavy atom. The first-order valence-electron chi connectivity index (χ1n) is 7.97. The molecule has 7 heteroatoms. The van der Waals surface area contributed by atoms with E-state index >= 15 is 0 Å². The summed E-state index contributed by atoms with van der Waals surface area (Å²) in [6.07, 6.45) is 1.98. The molecule has 134 valence electrons. The average Bonchev–Trinajstić information content (AvgIpc) is 3.16. The molecule has 3 heterocycles. The van der Waals surface area contributed by atoms with Gasteiger partial charge in [-0.05, 0) is 38.0 Å². The fourth-order valence-corrected chi connectivity index (χ4v) is 4.43. The summed E-state index contributed by atoms with van der Waals surface area (Å²) in [6.45, 7) is 8.32. The van der Waals surface area contributed by atoms with Crippen LogP contribution in [0.3, 0.4) is 0 Å². The molecule has 0 aliphatic carbocycles. The summed E-state index contributed by atoms with van der Waals surface area (Å²) >= 11 is 1.81. The minimum Gasteiger partial charge on any atom is -0.363 e. The molecule has 1 aromatic carbocycles. The molecule has 0 saturated carbocycles. The molecular formula is C18H22Cl2N4S. The van der Waals surface area contributed by atoms with Crippen molar-refractivity contribution in [3.8, 4) is 0 Å². The molecule has 0 spiro atoms. The summed E-state index contributed by atoms with van der Waals surface area (Å²) in [5.41, 5.74) is 5.12. The number of benzene rings is 1. The largest absolute Gasteiger partial charge is 0.363 e. The van der Waals surface area contributed by atoms with Crippen LogP contribution in [0.4, 0.5) is 0 Å². The van der Waals surface area contributed by atoms with E-state index in [9.17, 15) is 0 Å². The molecule has 0 fully saturated rings. The Morgan fingerprint density at radius 1 is 1.20 bits per heavy atom. The van der Waals surface area contributed by atoms with Crippen molar-refractivity contribution in [2.24, 2.45) is 4.99 Å². The average molecular weight is 397 g/mol. The van der Waals surface area contributed by atoms with Crippen molar-refractivity contribution in [3.63, 3.8) is 0 Å². The quantitative estimate of drug-likeness (QED) is 0.682. The van der Waals surface area contributed by atoms with Crippen molar-refractivity contribution in [2.75, 3.05) is 13.1 Å². The van der Waals surface area contributed by atoms with Gasteiger partial charge in [-0.15, -0.1) is 24.8 Å². The number of nitrogens with zero attached hydrogens (tertiary/aromatic N) is 3. The van der Waals surface area contributed by atoms with Crippen molar-refractivity contribution < 1.29 is 0 Å². The van der Waals surface area contributed by atoms with Crippen LogP contribution >= 0.6 is 36.6 Å². The van der Waals surface area contributed by atoms with E-state index in [2.05, 4.69) is 64.7 Å². The second kappa shape index (κ2) is 7.85. The summed E-state index contributed by atoms with van der Waals surface area (Å²) in [4.78, 5) is 9.09. The Labute approximate surface area is 164 Å². The zero-order valence-corrected chi connectivity index (χ0v) is 16.9. The highest BCUT2D eigenvalue weighted by Gasteiger charge is 2.22. The lowest BCUT2D eigenvalue weighted by Gasteiger charge is -2.13. The van der Waals surface area contributed by atoms with Crippen molar-refractivity contribution in [1.82, 2.24) is 14.7 Å². The predicted molar refractivity (Wildman–Crippen MR) is 113 cm³/mol. The highest BCUT2D eigenvalue weighted by molar-refractivity contribution is 8.14. The standard InChI is InChI=1S/C18H20N4S.2ClH/c1-11-10-21-13(3)22-15-7-5-4-6-14(15)16(17(11)22)12(2)23-18-19-8-9-20-18;;/h4-7,10,12H,8-9H2,1-3H3,(H,19,20);2*1H. The molecule has 1 atom stereocenters. The van der Waals surface area contributed by atoms with E-state index in [1.165, 1.54) is 27.5 Å². The summed E-state index contributed by atoms with van der Waals surface area (Å²) < 4.78 is 2.29. The maximum atomic E-state index is 4.55. The van der Waals surface area contributed by atoms with E-state index in [-0.39, 0.29) is 24.8 Å². The minimum atomic E-state index is 0. The number of hydrogen-bond donors (Lipinski definition) is 1. The van der Waals surface area contributed by atoms with Gasteiger partial charge in [-0.2, -0.15) is 0 Å². The van der Waals surface area contributed by atoms with E-state index in [0.29, 0.717) is 5.25 Å². The van der Waals surface area contributed by atoms with Gasteiger partial charge in [-0.1, -0.05) is 30.0 Å². The predicted octanol–water partition coefficient (Wildman–Crippen LogP) is 4.70. The number of aryl methyl sites for hydroxylation is 2. The second-order valence-corrected chi connectivity index (χ2v) is 7.31. The molecule has 0 radical (unpaired) electrons. The number of para-hydroxylation sites is 1. The van der Waals surface area contributed by atoms with E-state index in [4.69, 9.17) is 0 Å². The maximum Gasteiger partial charge on any atom is 0.157 e. The summed E-state index contributed by atoms with van der Waals surface area (Å²) in [6, 6.07) is 8.62. The summed E-state index contributed by atoms with van der Waals surface area (Å²) in [5.74, 6) is 1.03. The van der Waals surface area contributed by atoms with Crippen molar-refractivity contribution in [1.29, 1.82) is 0 Å². The van der Waals surface area contributed by atoms with Gasteiger partial charge in [-0.25, -0.2) is 4.98 Å². The van der Waals surface area contributed by atoms with Gasteiger partial charge in [0.1, 0.15) is 5.82 Å². The van der Waals surface area contributed by atoms with Gasteiger partial charge in [0.05, 0.1) is 17.6 Å². The Bertz CT molecular complexity index is 936. The smallest absolute Gasteiger partial charge is 0.157 e. The fourth-order valence-electron chi connectivity index (χ4n) is 3.39. The first-order valence-corrected chi connectivity index (χ1v) is 8.85. The molecule has 0 saturated heterocycles. The molecule has 25 heavy (non-hydrogen) atoms. The van der Waals surface area contributed by atoms with E-state index in [1.807, 2.05) is 18.0 Å². The molecule has 1 N–H and O–H groups in total. The van der Waals surface area contributed by atoms with Crippen LogP contribution in [0.1, 0.15) is 29.1 Å². The minimum absolute atomic E-state index is 0. The monoisotopic (exact) mass is 396 g/mol. The van der Waals surface area contributed by atoms with Crippen LogP contribution < -0.4 is 5.32 Å². The van der Waals surface area contributed by atoms with Gasteiger partial charge < -0.3 is 5.32 Å². The summed E-state index contributed by atoms with van der Waals surface area (Å²) in [7, 11) is 0. The topological polar surface area (TPSA) is 41.7 Å². The zero-order valence-electron chi connectivity index (χ0n) is 14.4. The van der Waals surface area contributed by atoms with E-state index < -0.39 is 0 Å². The molecule has 1 aliphatic heterocycles. The third kappa shape index (κ3) is 3.33. The van der Waals surface area contributed by atoms with Gasteiger partial charge >= 0.3 is 0 Å². The van der Waals surface area contributed by atoms with E-state index in [1.54, 1.807) is 0 Å². The number of aliphatic imine (C=N–C) groups is 1. The molecule has 4 nitrogen and oxygen atoms in total. The second-order valence-electron chi connectivity index (χ2n) is 5.98. The molecular weight excluding hydrogens is 375 g/mol. The van der Waals surface area contributed by atoms with Gasteiger partial charge in [0.2, 0.25) is 0 Å². The fraction of sp³-hybridized carbons (Fsp3) is 0.333. The van der Waals surface area contributed by atoms with Crippen LogP contribution in [0.2, 0.25) is 0 Å². The van der Waals surface area contributed by atoms with Gasteiger partial charge in [0, 0.05) is 23.4 Å². The van der Waals surface area contributed by atoms with Gasteiger partial charge in [0.25, 0.3) is 0 Å². The van der Waals surface area contributed by atoms with Crippen LogP contribution in [0.25, 0.3) is 16.4 Å². The number of nitrogens with one attached hydrogen (secondary N) is 1. The first kappa shape index (κ1) is 19.9. The number of hydrogen-bond acceptors (Lipinski definition) is 4. The van der Waals surface area contributed by atoms with Crippen molar-refractivity contribution in [2.45, 2.75) is 26.0 Å². The first-order chi connectivity index (χ1) is 11.2. The van der Waals surface area contributed by atoms with Gasteiger partial charge in [-0.3, -0.25) is 9.39 Å². The zero-order chi connectivity index (χ0) is 16.0. The van der Waals surface area contributed by atoms with Crippen LogP contribution in [0.5, 0.6) is 0 Å². The number of aromatic nitrogens is 2. The molecule has 0 bridgehead atoms. The number of fused-ring (bicyclic) bond motifs is 3. The Hall–Kier alpha value is -1.43. The number of thioether (sulfide) groups is 1. The number of halogens is 2. The number of amidine groups is 1. The van der Waals surface area contributed by atoms with Crippen LogP contribution in [0, 0.1) is 13.8 Å². The lowest BCUT2D eigenvalue weighted by molar-refractivity contribution is 0.963. The van der Waals surface area contributed by atoms with Crippen molar-refractivity contribution in [3.05, 3.63) is 47.4 Å². The number of rotatable bonds is 2. The highest BCUT2D eigenvalue weighted by atomic mass is 35.5. The third-order valence-electron chi connectivity index (χ3n) is 4.39. The van der Waals surface area contributed by atoms with Gasteiger partial charge in [0.15, 0.2) is 5.17 Å². The third-order valence-corrected chi connectivity index (χ3v) is 5.48. The SMILES string of the molecule is Cc1cnc(C)n2c1c(C(C)SC1=NCCN1)c1ccccc12.Cl.Cl. The normalized spacial score (nSPS) is 14.6. The Balaban J connectivity index is 0.00000113. The molecule has 4 rings (SSSR count). The van der Waals surface area contributed by atoms with Crippen LogP contribution in [-0.2, 0) is 0 Å². The van der Waals surface area contributed by atoms with Crippen molar-refractivity contribution >= 4 is 58.2 Å². The Kier molecular flexibility index (Phi) is 6.25. The maximum absolute atomic E-state index is 4.55. The molecule has 1 unspecified atom stereocenters. The molecule has 0 amide bonds. The lowest BCUT2D eigenvalue weighted by atomic mass is 10.1. The highest BCUT2D eigenvalue weighted by Crippen LogP contribution is 2.40. The molecule has 3 aromatic rings. The lowest BCUT2D eigenvalue weighted by Crippen LogP contribution is -2.16. The molecule has 2 aromatic heterocycles. The Morgan fingerprint density at radius 2 is 1.96 bits per heavy atom. The van der Waals surface area contributed by atoms with E-state index in [0.717, 1.165) is 24.1 Å². The van der Waals surface area contributed by atoms with Crippen LogP contribution in [-0.4, -0.2) is 27.6 Å². The summed E-state index contributed by atoms with van der Waals surface area (Å²) in [5, 5.41) is 6.06.